The van der Waals surface area contributed by atoms with E-state index in [0.29, 0.717) is 5.78 Å². The standard InChI is InChI=1S/C6H12O.C6H10O.C6H12/c2*7-6-4-2-1-3-5-6;1-2-4-6-5-3-1/h6-7H,1-5H2;1-5H2;1-6H2. The number of carbonyl (C=O) groups excluding carboxylic acids is 1. The first kappa shape index (κ1) is 17.7. The van der Waals surface area contributed by atoms with Crippen LogP contribution in [-0.4, -0.2) is 17.0 Å². The van der Waals surface area contributed by atoms with Crippen molar-refractivity contribution in [1.82, 2.24) is 0 Å². The zero-order valence-electron chi connectivity index (χ0n) is 13.2. The minimum Gasteiger partial charge on any atom is -0.393 e. The normalized spacial score (nSPS) is 23.9. The second-order valence-electron chi connectivity index (χ2n) is 6.51. The van der Waals surface area contributed by atoms with Gasteiger partial charge in [0.05, 0.1) is 6.10 Å². The van der Waals surface area contributed by atoms with Gasteiger partial charge >= 0.3 is 0 Å². The first-order valence-corrected chi connectivity index (χ1v) is 8.99. The Morgan fingerprint density at radius 2 is 0.950 bits per heavy atom. The zero-order chi connectivity index (χ0) is 14.5. The number of ketones is 1. The van der Waals surface area contributed by atoms with Crippen LogP contribution in [0, 0.1) is 0 Å². The molecule has 0 bridgehead atoms. The van der Waals surface area contributed by atoms with Crippen molar-refractivity contribution in [2.75, 3.05) is 0 Å². The molecule has 0 aliphatic heterocycles. The summed E-state index contributed by atoms with van der Waals surface area (Å²) < 4.78 is 0. The third kappa shape index (κ3) is 10.4. The van der Waals surface area contributed by atoms with Gasteiger partial charge in [0.15, 0.2) is 0 Å². The van der Waals surface area contributed by atoms with Gasteiger partial charge in [0.1, 0.15) is 5.78 Å². The fourth-order valence-electron chi connectivity index (χ4n) is 3.09. The van der Waals surface area contributed by atoms with Gasteiger partial charge in [-0.15, -0.1) is 0 Å². The Labute approximate surface area is 125 Å². The third-order valence-corrected chi connectivity index (χ3v) is 4.49. The summed E-state index contributed by atoms with van der Waals surface area (Å²) in [5, 5.41) is 8.91. The number of hydrogen-bond acceptors (Lipinski definition) is 2. The molecule has 20 heavy (non-hydrogen) atoms. The van der Waals surface area contributed by atoms with Gasteiger partial charge in [-0.05, 0) is 25.7 Å². The molecule has 0 unspecified atom stereocenters. The second kappa shape index (κ2) is 12.4. The first-order chi connectivity index (χ1) is 9.79. The summed E-state index contributed by atoms with van der Waals surface area (Å²) in [6, 6.07) is 0. The third-order valence-electron chi connectivity index (χ3n) is 4.49. The quantitative estimate of drug-likeness (QED) is 0.665. The van der Waals surface area contributed by atoms with E-state index < -0.39 is 0 Å². The van der Waals surface area contributed by atoms with Crippen LogP contribution in [0.15, 0.2) is 0 Å². The summed E-state index contributed by atoms with van der Waals surface area (Å²) in [5.41, 5.74) is 0. The van der Waals surface area contributed by atoms with Crippen LogP contribution in [0.3, 0.4) is 0 Å². The van der Waals surface area contributed by atoms with Crippen molar-refractivity contribution in [2.24, 2.45) is 0 Å². The van der Waals surface area contributed by atoms with Crippen LogP contribution in [0.1, 0.15) is 103 Å². The largest absolute Gasteiger partial charge is 0.393 e. The van der Waals surface area contributed by atoms with Crippen LogP contribution < -0.4 is 0 Å². The maximum absolute atomic E-state index is 10.5. The molecule has 118 valence electrons. The van der Waals surface area contributed by atoms with Crippen molar-refractivity contribution in [1.29, 1.82) is 0 Å². The molecule has 1 N–H and O–H groups in total. The van der Waals surface area contributed by atoms with Crippen molar-refractivity contribution >= 4 is 5.78 Å². The lowest BCUT2D eigenvalue weighted by Gasteiger charge is -2.14. The van der Waals surface area contributed by atoms with Gasteiger partial charge in [-0.3, -0.25) is 4.79 Å². The average molecular weight is 282 g/mol. The Balaban J connectivity index is 0.000000151. The molecule has 0 amide bonds. The molecular weight excluding hydrogens is 248 g/mol. The topological polar surface area (TPSA) is 37.3 Å². The molecule has 3 saturated carbocycles. The van der Waals surface area contributed by atoms with Crippen LogP contribution >= 0.6 is 0 Å². The first-order valence-electron chi connectivity index (χ1n) is 8.99. The minimum atomic E-state index is 0.0359. The van der Waals surface area contributed by atoms with Crippen molar-refractivity contribution in [3.8, 4) is 0 Å². The van der Waals surface area contributed by atoms with Crippen LogP contribution in [0.2, 0.25) is 0 Å². The van der Waals surface area contributed by atoms with Gasteiger partial charge in [0.2, 0.25) is 0 Å². The Bertz CT molecular complexity index is 208. The summed E-state index contributed by atoms with van der Waals surface area (Å²) in [5.74, 6) is 0.464. The van der Waals surface area contributed by atoms with E-state index in [1.807, 2.05) is 0 Å². The highest BCUT2D eigenvalue weighted by Gasteiger charge is 2.07. The SMILES string of the molecule is C1CCCCC1.O=C1CCCCC1.OC1CCCCC1. The van der Waals surface area contributed by atoms with Crippen molar-refractivity contribution in [2.45, 2.75) is 109 Å². The molecule has 0 radical (unpaired) electrons. The summed E-state index contributed by atoms with van der Waals surface area (Å²) in [4.78, 5) is 10.5. The molecule has 0 atom stereocenters. The predicted octanol–water partition coefficient (Wildman–Crippen LogP) is 5.17. The maximum atomic E-state index is 10.5. The second-order valence-corrected chi connectivity index (χ2v) is 6.51. The highest BCUT2D eigenvalue weighted by molar-refractivity contribution is 5.78. The Morgan fingerprint density at radius 3 is 1.20 bits per heavy atom. The Kier molecular flexibility index (Phi) is 10.9. The molecule has 3 aliphatic carbocycles. The Morgan fingerprint density at radius 1 is 0.600 bits per heavy atom. The maximum Gasteiger partial charge on any atom is 0.132 e. The molecule has 3 rings (SSSR count). The van der Waals surface area contributed by atoms with Gasteiger partial charge in [0.25, 0.3) is 0 Å². The highest BCUT2D eigenvalue weighted by Crippen LogP contribution is 2.16. The number of rotatable bonds is 0. The monoisotopic (exact) mass is 282 g/mol. The van der Waals surface area contributed by atoms with E-state index in [4.69, 9.17) is 5.11 Å². The van der Waals surface area contributed by atoms with E-state index >= 15 is 0 Å². The zero-order valence-corrected chi connectivity index (χ0v) is 13.2. The molecule has 0 aromatic heterocycles. The lowest BCUT2D eigenvalue weighted by atomic mass is 9.98. The average Bonchev–Trinajstić information content (AvgIpc) is 2.52. The molecule has 0 spiro atoms. The smallest absolute Gasteiger partial charge is 0.132 e. The van der Waals surface area contributed by atoms with Gasteiger partial charge in [0, 0.05) is 12.8 Å². The molecule has 0 aromatic rings. The number of hydrogen-bond donors (Lipinski definition) is 1. The summed E-state index contributed by atoms with van der Waals surface area (Å²) in [6.07, 6.45) is 20.2. The summed E-state index contributed by atoms with van der Waals surface area (Å²) >= 11 is 0. The van der Waals surface area contributed by atoms with E-state index in [2.05, 4.69) is 0 Å². The van der Waals surface area contributed by atoms with Crippen LogP contribution in [0.5, 0.6) is 0 Å². The predicted molar refractivity (Wildman–Crippen MR) is 84.9 cm³/mol. The molecule has 3 fully saturated rings. The van der Waals surface area contributed by atoms with E-state index in [1.165, 1.54) is 64.2 Å². The molecule has 0 heterocycles. The van der Waals surface area contributed by atoms with Gasteiger partial charge in [-0.25, -0.2) is 0 Å². The molecule has 2 nitrogen and oxygen atoms in total. The van der Waals surface area contributed by atoms with Crippen LogP contribution in [-0.2, 0) is 4.79 Å². The van der Waals surface area contributed by atoms with E-state index in [-0.39, 0.29) is 6.10 Å². The number of aliphatic hydroxyl groups excluding tert-OH is 1. The molecule has 0 aromatic carbocycles. The van der Waals surface area contributed by atoms with Gasteiger partial charge in [-0.2, -0.15) is 0 Å². The molecule has 2 heteroatoms. The molecule has 0 saturated heterocycles. The van der Waals surface area contributed by atoms with E-state index in [9.17, 15) is 4.79 Å². The number of Topliss-reactive ketones (excluding diaryl/α,β-unsaturated/α-hetero) is 1. The summed E-state index contributed by atoms with van der Waals surface area (Å²) in [6.45, 7) is 0. The fourth-order valence-corrected chi connectivity index (χ4v) is 3.09. The van der Waals surface area contributed by atoms with Gasteiger partial charge < -0.3 is 5.11 Å². The van der Waals surface area contributed by atoms with Crippen LogP contribution in [0.4, 0.5) is 0 Å². The lowest BCUT2D eigenvalue weighted by Crippen LogP contribution is -2.09. The van der Waals surface area contributed by atoms with Crippen molar-refractivity contribution in [3.05, 3.63) is 0 Å². The summed E-state index contributed by atoms with van der Waals surface area (Å²) in [7, 11) is 0. The van der Waals surface area contributed by atoms with Crippen molar-refractivity contribution in [3.63, 3.8) is 0 Å². The van der Waals surface area contributed by atoms with Crippen LogP contribution in [0.25, 0.3) is 0 Å². The van der Waals surface area contributed by atoms with Gasteiger partial charge in [-0.1, -0.05) is 64.2 Å². The molecule has 3 aliphatic rings. The minimum absolute atomic E-state index is 0.0359. The highest BCUT2D eigenvalue weighted by atomic mass is 16.3. The van der Waals surface area contributed by atoms with Crippen molar-refractivity contribution < 1.29 is 9.90 Å². The number of aliphatic hydroxyl groups is 1. The van der Waals surface area contributed by atoms with E-state index in [0.717, 1.165) is 38.5 Å². The van der Waals surface area contributed by atoms with E-state index in [1.54, 1.807) is 0 Å². The lowest BCUT2D eigenvalue weighted by molar-refractivity contribution is -0.120. The molecular formula is C18H34O2. The Hall–Kier alpha value is -0.370. The number of carbonyl (C=O) groups is 1. The fraction of sp³-hybridized carbons (Fsp3) is 0.944.